The topological polar surface area (TPSA) is 63.6 Å². The van der Waals surface area contributed by atoms with E-state index in [-0.39, 0.29) is 29.4 Å². The summed E-state index contributed by atoms with van der Waals surface area (Å²) in [5.74, 6) is -0.121. The van der Waals surface area contributed by atoms with Crippen molar-refractivity contribution in [2.75, 3.05) is 18.6 Å². The Morgan fingerprint density at radius 3 is 2.68 bits per heavy atom. The van der Waals surface area contributed by atoms with E-state index in [4.69, 9.17) is 4.74 Å². The van der Waals surface area contributed by atoms with E-state index in [0.717, 1.165) is 5.56 Å². The minimum atomic E-state index is -0.296. The predicted octanol–water partition coefficient (Wildman–Crippen LogP) is 1.40. The van der Waals surface area contributed by atoms with Gasteiger partial charge in [-0.2, -0.15) is 0 Å². The number of pyridine rings is 1. The molecule has 2 heterocycles. The summed E-state index contributed by atoms with van der Waals surface area (Å²) in [5, 5.41) is 0. The van der Waals surface area contributed by atoms with E-state index < -0.39 is 0 Å². The van der Waals surface area contributed by atoms with Gasteiger partial charge >= 0.3 is 0 Å². The van der Waals surface area contributed by atoms with Crippen LogP contribution in [0.5, 0.6) is 5.75 Å². The first-order valence-electron chi connectivity index (χ1n) is 7.16. The van der Waals surface area contributed by atoms with Gasteiger partial charge in [-0.1, -0.05) is 30.3 Å². The Balaban J connectivity index is 1.94. The molecule has 1 N–H and O–H groups in total. The Hall–Kier alpha value is -2.76. The Bertz CT molecular complexity index is 740. The maximum absolute atomic E-state index is 12.5. The zero-order valence-corrected chi connectivity index (χ0v) is 12.3. The van der Waals surface area contributed by atoms with Gasteiger partial charge in [-0.25, -0.2) is 0 Å². The van der Waals surface area contributed by atoms with Crippen LogP contribution in [0.3, 0.4) is 0 Å². The molecule has 0 radical (unpaired) electrons. The molecule has 1 aromatic heterocycles. The largest absolute Gasteiger partial charge is 0.482 e. The highest BCUT2D eigenvalue weighted by Gasteiger charge is 2.28. The molecule has 0 bridgehead atoms. The normalized spacial score (nSPS) is 13.5. The number of carbonyl (C=O) groups excluding carboxylic acids is 1. The lowest BCUT2D eigenvalue weighted by atomic mass is 10.2. The van der Waals surface area contributed by atoms with Gasteiger partial charge in [0.2, 0.25) is 5.43 Å². The number of ether oxygens (including phenoxy) is 1. The molecule has 1 aliphatic heterocycles. The van der Waals surface area contributed by atoms with Gasteiger partial charge < -0.3 is 15.1 Å². The van der Waals surface area contributed by atoms with Gasteiger partial charge in [-0.3, -0.25) is 14.3 Å². The molecule has 0 saturated carbocycles. The van der Waals surface area contributed by atoms with Crippen molar-refractivity contribution in [2.45, 2.75) is 13.5 Å². The first-order valence-corrected chi connectivity index (χ1v) is 7.16. The first kappa shape index (κ1) is 14.2. The standard InChI is InChI=1S/C16H17N3O3/c1-2-18-11-17-19-9-8-13(20)15(14(19)16(18)21)22-10-12-6-4-3-5-7-12/h3-9,17H,2,10-11H2,1H3. The fraction of sp³-hybridized carbons (Fsp3) is 0.250. The van der Waals surface area contributed by atoms with Crippen molar-refractivity contribution in [3.8, 4) is 5.75 Å². The fourth-order valence-electron chi connectivity index (χ4n) is 2.36. The molecule has 1 aliphatic rings. The van der Waals surface area contributed by atoms with Gasteiger partial charge in [0, 0.05) is 18.8 Å². The van der Waals surface area contributed by atoms with Gasteiger partial charge in [0.15, 0.2) is 11.4 Å². The maximum Gasteiger partial charge on any atom is 0.277 e. The lowest BCUT2D eigenvalue weighted by Gasteiger charge is -2.30. The highest BCUT2D eigenvalue weighted by atomic mass is 16.5. The molecule has 0 saturated heterocycles. The average Bonchev–Trinajstić information content (AvgIpc) is 2.55. The number of nitrogens with one attached hydrogen (secondary N) is 1. The summed E-state index contributed by atoms with van der Waals surface area (Å²) >= 11 is 0. The summed E-state index contributed by atoms with van der Waals surface area (Å²) in [7, 11) is 0. The Kier molecular flexibility index (Phi) is 3.82. The Morgan fingerprint density at radius 1 is 1.18 bits per heavy atom. The smallest absolute Gasteiger partial charge is 0.277 e. The molecule has 0 fully saturated rings. The zero-order valence-electron chi connectivity index (χ0n) is 12.3. The van der Waals surface area contributed by atoms with Gasteiger partial charge in [0.25, 0.3) is 5.91 Å². The summed E-state index contributed by atoms with van der Waals surface area (Å²) in [6, 6.07) is 10.9. The highest BCUT2D eigenvalue weighted by molar-refractivity contribution is 5.96. The van der Waals surface area contributed by atoms with Crippen molar-refractivity contribution < 1.29 is 9.53 Å². The van der Waals surface area contributed by atoms with Gasteiger partial charge in [-0.05, 0) is 12.5 Å². The van der Waals surface area contributed by atoms with Gasteiger partial charge in [0.1, 0.15) is 13.3 Å². The molecular weight excluding hydrogens is 282 g/mol. The van der Waals surface area contributed by atoms with Gasteiger partial charge in [-0.15, -0.1) is 0 Å². The van der Waals surface area contributed by atoms with Crippen molar-refractivity contribution in [1.29, 1.82) is 0 Å². The number of hydrogen-bond donors (Lipinski definition) is 1. The third-order valence-corrected chi connectivity index (χ3v) is 3.58. The van der Waals surface area contributed by atoms with E-state index in [1.165, 1.54) is 6.07 Å². The van der Waals surface area contributed by atoms with Crippen molar-refractivity contribution >= 4 is 5.91 Å². The number of hydrogen-bond acceptors (Lipinski definition) is 4. The van der Waals surface area contributed by atoms with Crippen LogP contribution in [0.1, 0.15) is 23.0 Å². The lowest BCUT2D eigenvalue weighted by Crippen LogP contribution is -2.46. The third kappa shape index (κ3) is 2.55. The molecular formula is C16H17N3O3. The average molecular weight is 299 g/mol. The molecule has 1 aromatic carbocycles. The van der Waals surface area contributed by atoms with E-state index in [9.17, 15) is 9.59 Å². The van der Waals surface area contributed by atoms with E-state index in [0.29, 0.717) is 13.2 Å². The van der Waals surface area contributed by atoms with Crippen molar-refractivity contribution in [3.63, 3.8) is 0 Å². The molecule has 3 rings (SSSR count). The molecule has 1 amide bonds. The predicted molar refractivity (Wildman–Crippen MR) is 82.4 cm³/mol. The van der Waals surface area contributed by atoms with E-state index in [2.05, 4.69) is 5.43 Å². The third-order valence-electron chi connectivity index (χ3n) is 3.58. The number of rotatable bonds is 4. The van der Waals surface area contributed by atoms with Crippen LogP contribution in [0.4, 0.5) is 0 Å². The van der Waals surface area contributed by atoms with E-state index in [1.807, 2.05) is 37.3 Å². The van der Waals surface area contributed by atoms with Crippen LogP contribution in [0.2, 0.25) is 0 Å². The van der Waals surface area contributed by atoms with Crippen LogP contribution in [0.15, 0.2) is 47.4 Å². The second kappa shape index (κ2) is 5.93. The number of fused-ring (bicyclic) bond motifs is 1. The molecule has 0 atom stereocenters. The molecule has 0 spiro atoms. The minimum Gasteiger partial charge on any atom is -0.482 e. The van der Waals surface area contributed by atoms with Crippen molar-refractivity contribution in [3.05, 3.63) is 64.1 Å². The van der Waals surface area contributed by atoms with E-state index in [1.54, 1.807) is 15.8 Å². The second-order valence-electron chi connectivity index (χ2n) is 4.98. The molecule has 6 nitrogen and oxygen atoms in total. The number of carbonyl (C=O) groups is 1. The number of amides is 1. The monoisotopic (exact) mass is 299 g/mol. The Morgan fingerprint density at radius 2 is 1.95 bits per heavy atom. The summed E-state index contributed by atoms with van der Waals surface area (Å²) in [5.41, 5.74) is 3.95. The summed E-state index contributed by atoms with van der Waals surface area (Å²) in [4.78, 5) is 26.2. The molecule has 2 aromatic rings. The van der Waals surface area contributed by atoms with Crippen LogP contribution < -0.4 is 15.6 Å². The zero-order chi connectivity index (χ0) is 15.5. The van der Waals surface area contributed by atoms with Crippen molar-refractivity contribution in [2.24, 2.45) is 0 Å². The quantitative estimate of drug-likeness (QED) is 0.927. The summed E-state index contributed by atoms with van der Waals surface area (Å²) in [6.45, 7) is 3.10. The van der Waals surface area contributed by atoms with Crippen LogP contribution >= 0.6 is 0 Å². The number of benzene rings is 1. The van der Waals surface area contributed by atoms with Crippen molar-refractivity contribution in [1.82, 2.24) is 9.58 Å². The SMILES string of the molecule is CCN1CNn2ccc(=O)c(OCc3ccccc3)c2C1=O. The Labute approximate surface area is 127 Å². The molecule has 0 unspecified atom stereocenters. The van der Waals surface area contributed by atoms with Crippen LogP contribution in [0.25, 0.3) is 0 Å². The summed E-state index contributed by atoms with van der Waals surface area (Å²) < 4.78 is 7.22. The van der Waals surface area contributed by atoms with Gasteiger partial charge in [0.05, 0.1) is 0 Å². The van der Waals surface area contributed by atoms with Crippen LogP contribution in [0, 0.1) is 0 Å². The maximum atomic E-state index is 12.5. The van der Waals surface area contributed by atoms with Crippen LogP contribution in [-0.4, -0.2) is 28.7 Å². The number of nitrogens with zero attached hydrogens (tertiary/aromatic N) is 2. The molecule has 114 valence electrons. The lowest BCUT2D eigenvalue weighted by molar-refractivity contribution is 0.0729. The van der Waals surface area contributed by atoms with E-state index >= 15 is 0 Å². The highest BCUT2D eigenvalue weighted by Crippen LogP contribution is 2.19. The molecule has 22 heavy (non-hydrogen) atoms. The number of aromatic nitrogens is 1. The molecule has 0 aliphatic carbocycles. The summed E-state index contributed by atoms with van der Waals surface area (Å²) in [6.07, 6.45) is 1.55. The molecule has 6 heteroatoms. The first-order chi connectivity index (χ1) is 10.7. The second-order valence-corrected chi connectivity index (χ2v) is 4.98. The van der Waals surface area contributed by atoms with Crippen LogP contribution in [-0.2, 0) is 6.61 Å². The minimum absolute atomic E-state index is 0.0852. The fourth-order valence-corrected chi connectivity index (χ4v) is 2.36.